The van der Waals surface area contributed by atoms with Crippen LogP contribution in [0.15, 0.2) is 18.1 Å². The Bertz CT molecular complexity index is 986. The standard InChI is InChI=1S/C25H73N16OP5/c1-30(2)43(31(3)4,32(5)6)26-47(25-42,27-44(33(7)8,34(9)10)35(11)12,28-45(36(13)14,37(15)16)38(17)18)29-46(39(19)20,40(21)22)41(23)24/h25H,1-24H3. The maximum atomic E-state index is 15.1. The van der Waals surface area contributed by atoms with Gasteiger partial charge in [-0.1, -0.05) is 0 Å². The predicted molar refractivity (Wildman–Crippen MR) is 215 cm³/mol. The minimum atomic E-state index is -5.15. The summed E-state index contributed by atoms with van der Waals surface area (Å²) < 4.78 is 49.3. The molecule has 0 saturated heterocycles. The zero-order valence-corrected chi connectivity index (χ0v) is 38.8. The first kappa shape index (κ1) is 47.5. The fraction of sp³-hybridized carbons (Fsp3) is 0.960. The van der Waals surface area contributed by atoms with Gasteiger partial charge in [-0.3, -0.25) is 0 Å². The summed E-state index contributed by atoms with van der Waals surface area (Å²) in [5.41, 5.74) is 0. The van der Waals surface area contributed by atoms with Gasteiger partial charge in [-0.25, -0.2) is 0 Å². The topological polar surface area (TPSA) is 105 Å². The Balaban J connectivity index is 10.9. The molecule has 0 atom stereocenters. The molecule has 0 radical (unpaired) electrons. The van der Waals surface area contributed by atoms with E-state index >= 15 is 4.79 Å². The van der Waals surface area contributed by atoms with E-state index in [0.717, 1.165) is 6.03 Å². The molecule has 0 N–H and O–H groups in total. The van der Waals surface area contributed by atoms with Crippen LogP contribution in [-0.4, -0.2) is 231 Å². The van der Waals surface area contributed by atoms with E-state index < -0.39 is 37.2 Å². The van der Waals surface area contributed by atoms with Gasteiger partial charge in [0.15, 0.2) is 0 Å². The first-order valence-electron chi connectivity index (χ1n) is 15.2. The third-order valence-corrected chi connectivity index (χ3v) is 30.4. The van der Waals surface area contributed by atoms with Crippen LogP contribution in [0.4, 0.5) is 0 Å². The van der Waals surface area contributed by atoms with E-state index in [-0.39, 0.29) is 0 Å². The molecule has 0 spiro atoms. The van der Waals surface area contributed by atoms with Crippen LogP contribution in [0.5, 0.6) is 0 Å². The van der Waals surface area contributed by atoms with E-state index in [4.69, 9.17) is 18.1 Å². The fourth-order valence-electron chi connectivity index (χ4n) is 6.37. The summed E-state index contributed by atoms with van der Waals surface area (Å²) in [6.45, 7) is 0. The van der Waals surface area contributed by atoms with E-state index in [0.29, 0.717) is 0 Å². The molecule has 0 aromatic heterocycles. The molecule has 284 valence electrons. The van der Waals surface area contributed by atoms with Crippen molar-refractivity contribution in [3.63, 3.8) is 0 Å². The number of hydrogen-bond donors (Lipinski definition) is 0. The molecule has 0 heterocycles. The molecule has 0 fully saturated rings. The second-order valence-electron chi connectivity index (χ2n) is 13.8. The van der Waals surface area contributed by atoms with Gasteiger partial charge in [0.05, 0.1) is 0 Å². The van der Waals surface area contributed by atoms with Crippen LogP contribution in [0, 0.1) is 0 Å². The molecular formula is C25H73N16OP5. The molecule has 0 aliphatic carbocycles. The van der Waals surface area contributed by atoms with E-state index in [1.165, 1.54) is 0 Å². The summed E-state index contributed by atoms with van der Waals surface area (Å²) in [6.07, 6.45) is 0. The van der Waals surface area contributed by atoms with E-state index in [1.807, 2.05) is 169 Å². The summed E-state index contributed by atoms with van der Waals surface area (Å²) in [5.74, 6) is 0. The van der Waals surface area contributed by atoms with Gasteiger partial charge in [-0.2, -0.15) is 0 Å². The van der Waals surface area contributed by atoms with Crippen LogP contribution in [0.25, 0.3) is 0 Å². The molecule has 0 aliphatic rings. The molecule has 0 amide bonds. The Morgan fingerprint density at radius 1 is 0.298 bits per heavy atom. The van der Waals surface area contributed by atoms with E-state index in [9.17, 15) is 0 Å². The Morgan fingerprint density at radius 2 is 0.404 bits per heavy atom. The van der Waals surface area contributed by atoms with Crippen molar-refractivity contribution in [2.45, 2.75) is 0 Å². The molecule has 0 saturated carbocycles. The SMILES string of the molecule is CN(C)P(=NP(C=O)(N=P(N(C)C)(N(C)C)N(C)C)(N=P(N(C)C)(N(C)C)N(C)C)N=P(N(C)C)(N(C)C)N(C)C)(N(C)C)N(C)C. The normalized spacial score (nSPS) is 15.5. The van der Waals surface area contributed by atoms with Crippen molar-refractivity contribution in [2.24, 2.45) is 18.1 Å². The number of carbonyl (C=O) groups excluding carboxylic acids is 1. The molecular weight excluding hydrogens is 695 g/mol. The molecule has 22 heteroatoms. The Labute approximate surface area is 290 Å². The van der Waals surface area contributed by atoms with E-state index in [2.05, 4.69) is 56.0 Å². The van der Waals surface area contributed by atoms with Gasteiger partial charge in [0.1, 0.15) is 0 Å². The molecule has 17 nitrogen and oxygen atoms in total. The third kappa shape index (κ3) is 8.45. The maximum absolute atomic E-state index is 15.1. The van der Waals surface area contributed by atoms with Crippen molar-refractivity contribution in [3.8, 4) is 0 Å². The van der Waals surface area contributed by atoms with E-state index in [1.54, 1.807) is 0 Å². The molecule has 0 unspecified atom stereocenters. The van der Waals surface area contributed by atoms with Crippen LogP contribution in [-0.2, 0) is 4.79 Å². The van der Waals surface area contributed by atoms with Crippen LogP contribution in [0.3, 0.4) is 0 Å². The molecule has 0 aromatic rings. The average Bonchev–Trinajstić information content (AvgIpc) is 2.90. The number of rotatable bonds is 17. The van der Waals surface area contributed by atoms with Crippen molar-refractivity contribution in [2.75, 3.05) is 169 Å². The van der Waals surface area contributed by atoms with Crippen molar-refractivity contribution < 1.29 is 4.79 Å². The molecule has 0 rings (SSSR count). The van der Waals surface area contributed by atoms with Crippen LogP contribution >= 0.6 is 37.2 Å². The molecule has 0 aliphatic heterocycles. The average molecular weight is 769 g/mol. The second kappa shape index (κ2) is 16.9. The molecule has 47 heavy (non-hydrogen) atoms. The Kier molecular flexibility index (Phi) is 17.1. The first-order valence-corrected chi connectivity index (χ1v) is 23.7. The monoisotopic (exact) mass is 768 g/mol. The summed E-state index contributed by atoms with van der Waals surface area (Å²) in [5, 5.41) is 0. The van der Waals surface area contributed by atoms with Crippen molar-refractivity contribution in [3.05, 3.63) is 0 Å². The van der Waals surface area contributed by atoms with Gasteiger partial charge in [0.25, 0.3) is 0 Å². The summed E-state index contributed by atoms with van der Waals surface area (Å²) in [4.78, 5) is 15.1. The third-order valence-electron chi connectivity index (χ3n) is 7.79. The summed E-state index contributed by atoms with van der Waals surface area (Å²) >= 11 is 0. The zero-order valence-electron chi connectivity index (χ0n) is 34.4. The zero-order chi connectivity index (χ0) is 37.9. The number of nitrogens with zero attached hydrogens (tertiary/aromatic N) is 16. The molecule has 0 bridgehead atoms. The van der Waals surface area contributed by atoms with Gasteiger partial charge < -0.3 is 0 Å². The van der Waals surface area contributed by atoms with Crippen LogP contribution < -0.4 is 0 Å². The first-order chi connectivity index (χ1) is 21.0. The quantitative estimate of drug-likeness (QED) is 0.148. The van der Waals surface area contributed by atoms with Gasteiger partial charge in [0, 0.05) is 0 Å². The number of hydrogen-bond acceptors (Lipinski definition) is 5. The Hall–Kier alpha value is 0.540. The van der Waals surface area contributed by atoms with Crippen LogP contribution in [0.2, 0.25) is 0 Å². The fourth-order valence-corrected chi connectivity index (χ4v) is 33.5. The Morgan fingerprint density at radius 3 is 0.468 bits per heavy atom. The predicted octanol–water partition coefficient (Wildman–Crippen LogP) is 4.91. The number of carbonyl (C=O) groups is 1. The van der Waals surface area contributed by atoms with Crippen molar-refractivity contribution in [1.82, 2.24) is 56.0 Å². The van der Waals surface area contributed by atoms with Gasteiger partial charge in [0.2, 0.25) is 0 Å². The molecule has 0 aromatic carbocycles. The van der Waals surface area contributed by atoms with Crippen molar-refractivity contribution in [1.29, 1.82) is 0 Å². The minimum absolute atomic E-state index is 0.943. The van der Waals surface area contributed by atoms with Gasteiger partial charge >= 0.3 is 291 Å². The second-order valence-corrected chi connectivity index (χ2v) is 32.7. The summed E-state index contributed by atoms with van der Waals surface area (Å²) in [7, 11) is 31.6. The van der Waals surface area contributed by atoms with Gasteiger partial charge in [-0.15, -0.1) is 0 Å². The van der Waals surface area contributed by atoms with Crippen LogP contribution in [0.1, 0.15) is 0 Å². The summed E-state index contributed by atoms with van der Waals surface area (Å²) in [6, 6.07) is 0.943. The van der Waals surface area contributed by atoms with Crippen molar-refractivity contribution >= 4 is 43.3 Å². The van der Waals surface area contributed by atoms with Gasteiger partial charge in [-0.05, 0) is 0 Å².